The SMILES string of the molecule is CCC(C(=O)NC1CCCC1)N(Cc1ccc(C)cc1)C(=O)CN(c1ccccc1F)S(=O)(=O)c1ccc(C)cc1. The molecule has 1 N–H and O–H groups in total. The minimum absolute atomic E-state index is 0.0599. The van der Waals surface area contributed by atoms with Crippen molar-refractivity contribution in [3.63, 3.8) is 0 Å². The third kappa shape index (κ3) is 7.33. The van der Waals surface area contributed by atoms with Gasteiger partial charge in [-0.25, -0.2) is 12.8 Å². The Morgan fingerprint density at radius 2 is 1.51 bits per heavy atom. The Bertz CT molecular complexity index is 1450. The van der Waals surface area contributed by atoms with E-state index in [0.29, 0.717) is 6.42 Å². The van der Waals surface area contributed by atoms with E-state index in [2.05, 4.69) is 5.32 Å². The van der Waals surface area contributed by atoms with E-state index in [9.17, 15) is 18.0 Å². The molecule has 1 aliphatic carbocycles. The van der Waals surface area contributed by atoms with Gasteiger partial charge in [0.1, 0.15) is 18.4 Å². The minimum Gasteiger partial charge on any atom is -0.352 e. The van der Waals surface area contributed by atoms with E-state index in [1.54, 1.807) is 12.1 Å². The highest BCUT2D eigenvalue weighted by atomic mass is 32.2. The van der Waals surface area contributed by atoms with E-state index in [4.69, 9.17) is 0 Å². The van der Waals surface area contributed by atoms with Gasteiger partial charge in [0.2, 0.25) is 11.8 Å². The standard InChI is InChI=1S/C32H38FN3O4S/c1-4-29(32(38)34-26-9-5-6-10-26)35(21-25-17-13-23(2)14-18-25)31(37)22-36(30-12-8-7-11-28(30)33)41(39,40)27-19-15-24(3)16-20-27/h7-8,11-20,26,29H,4-6,9-10,21-22H2,1-3H3,(H,34,38). The zero-order valence-electron chi connectivity index (χ0n) is 23.8. The number of aryl methyl sites for hydroxylation is 2. The van der Waals surface area contributed by atoms with Crippen LogP contribution >= 0.6 is 0 Å². The highest BCUT2D eigenvalue weighted by Gasteiger charge is 2.35. The third-order valence-corrected chi connectivity index (χ3v) is 9.34. The minimum atomic E-state index is -4.33. The molecule has 2 amide bonds. The summed E-state index contributed by atoms with van der Waals surface area (Å²) >= 11 is 0. The van der Waals surface area contributed by atoms with Crippen LogP contribution in [-0.2, 0) is 26.2 Å². The predicted molar refractivity (Wildman–Crippen MR) is 158 cm³/mol. The summed E-state index contributed by atoms with van der Waals surface area (Å²) in [7, 11) is -4.33. The molecule has 1 aliphatic rings. The second-order valence-electron chi connectivity index (χ2n) is 10.7. The monoisotopic (exact) mass is 579 g/mol. The maximum absolute atomic E-state index is 15.1. The normalized spacial score (nSPS) is 14.4. The van der Waals surface area contributed by atoms with Gasteiger partial charge >= 0.3 is 0 Å². The quantitative estimate of drug-likeness (QED) is 0.325. The van der Waals surface area contributed by atoms with Crippen LogP contribution in [0.1, 0.15) is 55.7 Å². The maximum atomic E-state index is 15.1. The zero-order chi connectivity index (χ0) is 29.6. The molecule has 1 unspecified atom stereocenters. The summed E-state index contributed by atoms with van der Waals surface area (Å²) in [6.45, 7) is 5.05. The van der Waals surface area contributed by atoms with Crippen molar-refractivity contribution in [1.29, 1.82) is 0 Å². The summed E-state index contributed by atoms with van der Waals surface area (Å²) < 4.78 is 43.6. The van der Waals surface area contributed by atoms with Crippen LogP contribution in [0.4, 0.5) is 10.1 Å². The highest BCUT2D eigenvalue weighted by Crippen LogP contribution is 2.27. The largest absolute Gasteiger partial charge is 0.352 e. The van der Waals surface area contributed by atoms with Crippen molar-refractivity contribution in [2.45, 2.75) is 76.4 Å². The molecular weight excluding hydrogens is 541 g/mol. The fourth-order valence-corrected chi connectivity index (χ4v) is 6.60. The Balaban J connectivity index is 1.72. The summed E-state index contributed by atoms with van der Waals surface area (Å²) in [5, 5.41) is 3.09. The fraction of sp³-hybridized carbons (Fsp3) is 0.375. The molecule has 9 heteroatoms. The fourth-order valence-electron chi connectivity index (χ4n) is 5.18. The molecule has 1 saturated carbocycles. The van der Waals surface area contributed by atoms with Crippen LogP contribution in [0.3, 0.4) is 0 Å². The molecule has 0 bridgehead atoms. The van der Waals surface area contributed by atoms with Gasteiger partial charge in [0.05, 0.1) is 10.6 Å². The van der Waals surface area contributed by atoms with Crippen molar-refractivity contribution < 1.29 is 22.4 Å². The Morgan fingerprint density at radius 3 is 2.10 bits per heavy atom. The molecular formula is C32H38FN3O4S. The van der Waals surface area contributed by atoms with Crippen molar-refractivity contribution in [2.75, 3.05) is 10.8 Å². The first kappa shape index (κ1) is 30.2. The van der Waals surface area contributed by atoms with Crippen LogP contribution in [-0.4, -0.2) is 43.8 Å². The van der Waals surface area contributed by atoms with Gasteiger partial charge in [-0.1, -0.05) is 79.4 Å². The van der Waals surface area contributed by atoms with Gasteiger partial charge in [0, 0.05) is 12.6 Å². The highest BCUT2D eigenvalue weighted by molar-refractivity contribution is 7.92. The van der Waals surface area contributed by atoms with Gasteiger partial charge in [-0.15, -0.1) is 0 Å². The molecule has 41 heavy (non-hydrogen) atoms. The second-order valence-corrected chi connectivity index (χ2v) is 12.6. The van der Waals surface area contributed by atoms with Crippen molar-refractivity contribution >= 4 is 27.5 Å². The van der Waals surface area contributed by atoms with Gasteiger partial charge in [-0.2, -0.15) is 0 Å². The number of nitrogens with one attached hydrogen (secondary N) is 1. The van der Waals surface area contributed by atoms with E-state index < -0.39 is 34.3 Å². The van der Waals surface area contributed by atoms with Crippen LogP contribution in [0.5, 0.6) is 0 Å². The van der Waals surface area contributed by atoms with E-state index in [1.807, 2.05) is 45.0 Å². The van der Waals surface area contributed by atoms with Crippen LogP contribution in [0.2, 0.25) is 0 Å². The first-order valence-electron chi connectivity index (χ1n) is 14.1. The summed E-state index contributed by atoms with van der Waals surface area (Å²) in [6.07, 6.45) is 4.21. The molecule has 1 atom stereocenters. The smallest absolute Gasteiger partial charge is 0.264 e. The van der Waals surface area contributed by atoms with Crippen molar-refractivity contribution in [3.05, 3.63) is 95.3 Å². The first-order chi connectivity index (χ1) is 19.6. The van der Waals surface area contributed by atoms with Crippen LogP contribution in [0, 0.1) is 19.7 Å². The number of hydrogen-bond donors (Lipinski definition) is 1. The molecule has 4 rings (SSSR count). The van der Waals surface area contributed by atoms with E-state index >= 15 is 4.39 Å². The summed E-state index contributed by atoms with van der Waals surface area (Å²) in [6, 6.07) is 18.5. The molecule has 0 saturated heterocycles. The Hall–Kier alpha value is -3.72. The first-order valence-corrected chi connectivity index (χ1v) is 15.5. The Labute approximate surface area is 242 Å². The van der Waals surface area contributed by atoms with Gasteiger partial charge < -0.3 is 10.2 Å². The number of halogens is 1. The second kappa shape index (κ2) is 13.3. The summed E-state index contributed by atoms with van der Waals surface area (Å²) in [5.74, 6) is -1.64. The lowest BCUT2D eigenvalue weighted by atomic mass is 10.1. The van der Waals surface area contributed by atoms with Crippen molar-refractivity contribution in [2.24, 2.45) is 0 Å². The number of rotatable bonds is 11. The number of benzene rings is 3. The van der Waals surface area contributed by atoms with Crippen LogP contribution in [0.25, 0.3) is 0 Å². The third-order valence-electron chi connectivity index (χ3n) is 7.57. The molecule has 1 fully saturated rings. The van der Waals surface area contributed by atoms with Crippen molar-refractivity contribution in [3.8, 4) is 0 Å². The van der Waals surface area contributed by atoms with Gasteiger partial charge in [0.15, 0.2) is 0 Å². The molecule has 0 radical (unpaired) electrons. The lowest BCUT2D eigenvalue weighted by Crippen LogP contribution is -2.53. The van der Waals surface area contributed by atoms with Crippen molar-refractivity contribution in [1.82, 2.24) is 10.2 Å². The van der Waals surface area contributed by atoms with Gasteiger partial charge in [-0.05, 0) is 62.9 Å². The number of amides is 2. The lowest BCUT2D eigenvalue weighted by Gasteiger charge is -2.34. The molecule has 0 heterocycles. The zero-order valence-corrected chi connectivity index (χ0v) is 24.7. The lowest BCUT2D eigenvalue weighted by molar-refractivity contribution is -0.140. The van der Waals surface area contributed by atoms with E-state index in [0.717, 1.165) is 52.7 Å². The van der Waals surface area contributed by atoms with Gasteiger partial charge in [0.25, 0.3) is 10.0 Å². The molecule has 0 aliphatic heterocycles. The predicted octanol–water partition coefficient (Wildman–Crippen LogP) is 5.50. The number of para-hydroxylation sites is 1. The molecule has 3 aromatic carbocycles. The van der Waals surface area contributed by atoms with E-state index in [-0.39, 0.29) is 29.1 Å². The average Bonchev–Trinajstić information content (AvgIpc) is 3.46. The van der Waals surface area contributed by atoms with Crippen LogP contribution < -0.4 is 9.62 Å². The Morgan fingerprint density at radius 1 is 0.927 bits per heavy atom. The average molecular weight is 580 g/mol. The number of carbonyl (C=O) groups is 2. The summed E-state index contributed by atoms with van der Waals surface area (Å²) in [4.78, 5) is 28.9. The van der Waals surface area contributed by atoms with Gasteiger partial charge in [-0.3, -0.25) is 13.9 Å². The summed E-state index contributed by atoms with van der Waals surface area (Å²) in [5.41, 5.74) is 2.48. The molecule has 0 aromatic heterocycles. The number of nitrogens with zero attached hydrogens (tertiary/aromatic N) is 2. The number of anilines is 1. The number of hydrogen-bond acceptors (Lipinski definition) is 4. The maximum Gasteiger partial charge on any atom is 0.264 e. The molecule has 7 nitrogen and oxygen atoms in total. The van der Waals surface area contributed by atoms with Crippen LogP contribution in [0.15, 0.2) is 77.7 Å². The number of sulfonamides is 1. The molecule has 3 aromatic rings. The molecule has 0 spiro atoms. The number of carbonyl (C=O) groups excluding carboxylic acids is 2. The molecule has 218 valence electrons. The van der Waals surface area contributed by atoms with E-state index in [1.165, 1.54) is 35.2 Å². The Kier molecular flexibility index (Phi) is 9.81. The topological polar surface area (TPSA) is 86.8 Å².